The molecule has 0 saturated heterocycles. The Morgan fingerprint density at radius 2 is 1.45 bits per heavy atom. The molecule has 0 fully saturated rings. The molecule has 1 amide bonds. The van der Waals surface area contributed by atoms with E-state index in [1.165, 1.54) is 18.2 Å². The average molecular weight is 564 g/mol. The van der Waals surface area contributed by atoms with Crippen molar-refractivity contribution in [1.29, 1.82) is 0 Å². The summed E-state index contributed by atoms with van der Waals surface area (Å²) in [5.41, 5.74) is 3.65. The first-order chi connectivity index (χ1) is 18.8. The summed E-state index contributed by atoms with van der Waals surface area (Å²) in [6, 6.07) is 9.84. The molecule has 0 aromatic heterocycles. The van der Waals surface area contributed by atoms with Gasteiger partial charge >= 0.3 is 5.97 Å². The van der Waals surface area contributed by atoms with Crippen molar-refractivity contribution in [2.45, 2.75) is 59.6 Å². The fraction of sp³-hybridized carbons (Fsp3) is 0.333. The van der Waals surface area contributed by atoms with Gasteiger partial charge in [-0.25, -0.2) is 13.2 Å². The molecule has 3 aromatic carbocycles. The van der Waals surface area contributed by atoms with Crippen LogP contribution in [-0.2, 0) is 17.8 Å². The predicted molar refractivity (Wildman–Crippen MR) is 139 cm³/mol. The fourth-order valence-corrected chi connectivity index (χ4v) is 4.45. The van der Waals surface area contributed by atoms with Crippen molar-refractivity contribution in [2.24, 2.45) is 5.92 Å². The first-order valence-electron chi connectivity index (χ1n) is 12.6. The van der Waals surface area contributed by atoms with Crippen LogP contribution in [0.2, 0.25) is 0 Å². The number of carbonyl (C=O) groups excluding carboxylic acids is 1. The van der Waals surface area contributed by atoms with Crippen molar-refractivity contribution in [3.05, 3.63) is 98.9 Å². The molecule has 40 heavy (non-hydrogen) atoms. The molecule has 0 aliphatic heterocycles. The number of carboxylic acids is 1. The van der Waals surface area contributed by atoms with Gasteiger partial charge in [0.2, 0.25) is 29.1 Å². The molecule has 10 heteroatoms. The van der Waals surface area contributed by atoms with Crippen LogP contribution in [0.3, 0.4) is 0 Å². The first-order valence-corrected chi connectivity index (χ1v) is 12.6. The summed E-state index contributed by atoms with van der Waals surface area (Å²) in [7, 11) is 0. The highest BCUT2D eigenvalue weighted by Gasteiger charge is 2.27. The van der Waals surface area contributed by atoms with Crippen molar-refractivity contribution >= 4 is 11.9 Å². The maximum atomic E-state index is 14.1. The van der Waals surface area contributed by atoms with Crippen LogP contribution in [0.5, 0.6) is 5.75 Å². The Bertz CT molecular complexity index is 1370. The molecule has 2 N–H and O–H groups in total. The maximum Gasteiger partial charge on any atom is 0.303 e. The van der Waals surface area contributed by atoms with E-state index in [1.54, 1.807) is 0 Å². The molecule has 3 rings (SSSR count). The van der Waals surface area contributed by atoms with Gasteiger partial charge in [0, 0.05) is 12.0 Å². The lowest BCUT2D eigenvalue weighted by atomic mass is 9.93. The lowest BCUT2D eigenvalue weighted by Gasteiger charge is -2.23. The minimum atomic E-state index is -2.30. The van der Waals surface area contributed by atoms with E-state index in [9.17, 15) is 31.5 Å². The number of amides is 1. The molecule has 214 valence electrons. The molecule has 1 atom stereocenters. The summed E-state index contributed by atoms with van der Waals surface area (Å²) in [5.74, 6) is -13.6. The van der Waals surface area contributed by atoms with Crippen molar-refractivity contribution < 1.29 is 41.4 Å². The number of carbonyl (C=O) groups is 2. The van der Waals surface area contributed by atoms with E-state index >= 15 is 0 Å². The molecule has 0 aliphatic carbocycles. The van der Waals surface area contributed by atoms with Gasteiger partial charge in [0.25, 0.3) is 5.91 Å². The standard InChI is InChI=1S/C30H30F5NO4/c1-15(2)9-22(20-11-16(3)10-17(4)12-20)36-30(39)21-13-18(5-6-19(21)7-8-23(37)38)14-40-29-27(34)25(32)24(31)26(33)28(29)35/h5-6,10-13,15,22H,7-9,14H2,1-4H3,(H,36,39)(H,37,38). The van der Waals surface area contributed by atoms with Crippen LogP contribution in [0.4, 0.5) is 22.0 Å². The maximum absolute atomic E-state index is 14.1. The van der Waals surface area contributed by atoms with E-state index < -0.39 is 53.3 Å². The number of hydrogen-bond donors (Lipinski definition) is 2. The highest BCUT2D eigenvalue weighted by atomic mass is 19.2. The third kappa shape index (κ3) is 7.37. The van der Waals surface area contributed by atoms with Crippen LogP contribution >= 0.6 is 0 Å². The molecule has 0 spiro atoms. The second-order valence-electron chi connectivity index (χ2n) is 10.1. The van der Waals surface area contributed by atoms with Gasteiger partial charge in [-0.3, -0.25) is 9.59 Å². The van der Waals surface area contributed by atoms with Gasteiger partial charge in [0.1, 0.15) is 6.61 Å². The van der Waals surface area contributed by atoms with Crippen LogP contribution in [0.25, 0.3) is 0 Å². The van der Waals surface area contributed by atoms with Crippen molar-refractivity contribution in [3.63, 3.8) is 0 Å². The summed E-state index contributed by atoms with van der Waals surface area (Å²) >= 11 is 0. The van der Waals surface area contributed by atoms with E-state index in [0.717, 1.165) is 16.7 Å². The van der Waals surface area contributed by atoms with Crippen molar-refractivity contribution in [3.8, 4) is 5.75 Å². The number of carboxylic acid groups (broad SMARTS) is 1. The molecular weight excluding hydrogens is 533 g/mol. The Morgan fingerprint density at radius 1 is 0.875 bits per heavy atom. The molecule has 3 aromatic rings. The third-order valence-corrected chi connectivity index (χ3v) is 6.24. The number of aliphatic carboxylic acids is 1. The summed E-state index contributed by atoms with van der Waals surface area (Å²) in [5, 5.41) is 12.2. The van der Waals surface area contributed by atoms with Gasteiger partial charge in [-0.1, -0.05) is 55.3 Å². The third-order valence-electron chi connectivity index (χ3n) is 6.24. The molecule has 1 unspecified atom stereocenters. The second kappa shape index (κ2) is 12.9. The number of ether oxygens (including phenoxy) is 1. The molecule has 5 nitrogen and oxygen atoms in total. The fourth-order valence-electron chi connectivity index (χ4n) is 4.45. The average Bonchev–Trinajstić information content (AvgIpc) is 2.88. The van der Waals surface area contributed by atoms with Gasteiger partial charge in [-0.2, -0.15) is 8.78 Å². The number of aryl methyl sites for hydroxylation is 3. The number of halogens is 5. The Balaban J connectivity index is 1.95. The molecule has 0 radical (unpaired) electrons. The van der Waals surface area contributed by atoms with Crippen molar-refractivity contribution in [2.75, 3.05) is 0 Å². The van der Waals surface area contributed by atoms with Crippen LogP contribution in [0.15, 0.2) is 36.4 Å². The largest absolute Gasteiger partial charge is 0.483 e. The summed E-state index contributed by atoms with van der Waals surface area (Å²) in [4.78, 5) is 24.7. The Morgan fingerprint density at radius 3 is 2.00 bits per heavy atom. The molecule has 0 heterocycles. The highest BCUT2D eigenvalue weighted by molar-refractivity contribution is 5.96. The topological polar surface area (TPSA) is 75.6 Å². The van der Waals surface area contributed by atoms with E-state index in [-0.39, 0.29) is 35.9 Å². The Kier molecular flexibility index (Phi) is 9.89. The summed E-state index contributed by atoms with van der Waals surface area (Å²) in [6.45, 7) is 7.30. The van der Waals surface area contributed by atoms with Gasteiger partial charge in [0.15, 0.2) is 5.75 Å². The van der Waals surface area contributed by atoms with Crippen molar-refractivity contribution in [1.82, 2.24) is 5.32 Å². The van der Waals surface area contributed by atoms with Crippen LogP contribution in [-0.4, -0.2) is 17.0 Å². The van der Waals surface area contributed by atoms with Gasteiger partial charge < -0.3 is 15.2 Å². The zero-order valence-electron chi connectivity index (χ0n) is 22.5. The molecular formula is C30H30F5NO4. The SMILES string of the molecule is Cc1cc(C)cc(C(CC(C)C)NC(=O)c2cc(COc3c(F)c(F)c(F)c(F)c3F)ccc2CCC(=O)O)c1. The van der Waals surface area contributed by atoms with E-state index in [1.807, 2.05) is 45.9 Å². The number of nitrogens with one attached hydrogen (secondary N) is 1. The lowest BCUT2D eigenvalue weighted by molar-refractivity contribution is -0.136. The smallest absolute Gasteiger partial charge is 0.303 e. The first kappa shape index (κ1) is 30.6. The van der Waals surface area contributed by atoms with E-state index in [0.29, 0.717) is 12.0 Å². The number of benzene rings is 3. The predicted octanol–water partition coefficient (Wildman–Crippen LogP) is 7.11. The van der Waals surface area contributed by atoms with E-state index in [2.05, 4.69) is 5.32 Å². The molecule has 0 bridgehead atoms. The minimum absolute atomic E-state index is 0.0231. The van der Waals surface area contributed by atoms with Crippen LogP contribution in [0.1, 0.15) is 70.9 Å². The second-order valence-corrected chi connectivity index (χ2v) is 10.1. The number of rotatable bonds is 11. The zero-order valence-corrected chi connectivity index (χ0v) is 22.5. The Labute approximate surface area is 229 Å². The quantitative estimate of drug-likeness (QED) is 0.148. The monoisotopic (exact) mass is 563 g/mol. The van der Waals surface area contributed by atoms with Gasteiger partial charge in [0.05, 0.1) is 6.04 Å². The lowest BCUT2D eigenvalue weighted by Crippen LogP contribution is -2.30. The Hall–Kier alpha value is -3.95. The van der Waals surface area contributed by atoms with Crippen LogP contribution < -0.4 is 10.1 Å². The highest BCUT2D eigenvalue weighted by Crippen LogP contribution is 2.30. The molecule has 0 saturated carbocycles. The molecule has 0 aliphatic rings. The van der Waals surface area contributed by atoms with Gasteiger partial charge in [-0.05, 0) is 55.4 Å². The summed E-state index contributed by atoms with van der Waals surface area (Å²) in [6.07, 6.45) is 0.380. The normalized spacial score (nSPS) is 11.9. The van der Waals surface area contributed by atoms with Crippen LogP contribution in [0, 0.1) is 48.9 Å². The van der Waals surface area contributed by atoms with Gasteiger partial charge in [-0.15, -0.1) is 0 Å². The summed E-state index contributed by atoms with van der Waals surface area (Å²) < 4.78 is 73.5. The minimum Gasteiger partial charge on any atom is -0.483 e. The van der Waals surface area contributed by atoms with E-state index in [4.69, 9.17) is 9.84 Å². The number of hydrogen-bond acceptors (Lipinski definition) is 3. The zero-order chi connectivity index (χ0) is 29.7.